The molecule has 1 aromatic heterocycles. The fourth-order valence-corrected chi connectivity index (χ4v) is 3.75. The largest absolute Gasteiger partial charge is 0.342 e. The average molecular weight is 370 g/mol. The molecule has 0 atom stereocenters. The van der Waals surface area contributed by atoms with Crippen molar-refractivity contribution in [3.63, 3.8) is 0 Å². The Labute approximate surface area is 167 Å². The van der Waals surface area contributed by atoms with Gasteiger partial charge in [-0.2, -0.15) is 0 Å². The topological polar surface area (TPSA) is 33.2 Å². The van der Waals surface area contributed by atoms with Crippen LogP contribution in [0, 0.1) is 13.8 Å². The van der Waals surface area contributed by atoms with Crippen molar-refractivity contribution in [3.8, 4) is 22.4 Å². The van der Waals surface area contributed by atoms with Gasteiger partial charge in [0.1, 0.15) is 0 Å². The van der Waals surface area contributed by atoms with Crippen molar-refractivity contribution in [1.29, 1.82) is 0 Å². The molecule has 0 bridgehead atoms. The summed E-state index contributed by atoms with van der Waals surface area (Å²) in [7, 11) is 0. The summed E-state index contributed by atoms with van der Waals surface area (Å²) in [4.78, 5) is 19.0. The molecule has 0 spiro atoms. The summed E-state index contributed by atoms with van der Waals surface area (Å²) in [6.07, 6.45) is 2.43. The molecule has 0 saturated carbocycles. The van der Waals surface area contributed by atoms with E-state index in [0.29, 0.717) is 6.42 Å². The number of hydrogen-bond donors (Lipinski definition) is 0. The summed E-state index contributed by atoms with van der Waals surface area (Å²) in [6, 6.07) is 21.3. The number of pyridine rings is 1. The van der Waals surface area contributed by atoms with E-state index in [1.807, 2.05) is 4.90 Å². The first kappa shape index (κ1) is 18.4. The predicted molar refractivity (Wildman–Crippen MR) is 114 cm³/mol. The zero-order valence-corrected chi connectivity index (χ0v) is 16.6. The summed E-state index contributed by atoms with van der Waals surface area (Å²) in [5, 5.41) is 0. The third-order valence-electron chi connectivity index (χ3n) is 5.47. The number of aryl methyl sites for hydroxylation is 2. The molecular formula is C25H26N2O. The van der Waals surface area contributed by atoms with E-state index in [1.54, 1.807) is 0 Å². The molecule has 2 aromatic carbocycles. The van der Waals surface area contributed by atoms with E-state index in [9.17, 15) is 4.79 Å². The lowest BCUT2D eigenvalue weighted by atomic mass is 9.99. The van der Waals surface area contributed by atoms with Crippen LogP contribution in [0.2, 0.25) is 0 Å². The van der Waals surface area contributed by atoms with E-state index >= 15 is 0 Å². The minimum Gasteiger partial charge on any atom is -0.342 e. The van der Waals surface area contributed by atoms with Crippen LogP contribution in [0.15, 0.2) is 60.7 Å². The monoisotopic (exact) mass is 370 g/mol. The van der Waals surface area contributed by atoms with Crippen LogP contribution in [0.3, 0.4) is 0 Å². The van der Waals surface area contributed by atoms with Crippen LogP contribution in [0.4, 0.5) is 0 Å². The van der Waals surface area contributed by atoms with Crippen molar-refractivity contribution in [1.82, 2.24) is 9.88 Å². The van der Waals surface area contributed by atoms with Crippen molar-refractivity contribution in [2.45, 2.75) is 33.1 Å². The number of carbonyl (C=O) groups is 1. The maximum absolute atomic E-state index is 12.0. The van der Waals surface area contributed by atoms with Gasteiger partial charge >= 0.3 is 0 Å². The predicted octanol–water partition coefficient (Wildman–Crippen LogP) is 5.20. The third kappa shape index (κ3) is 3.99. The highest BCUT2D eigenvalue weighted by Crippen LogP contribution is 2.28. The van der Waals surface area contributed by atoms with Gasteiger partial charge in [-0.15, -0.1) is 0 Å². The van der Waals surface area contributed by atoms with E-state index < -0.39 is 0 Å². The Kier molecular flexibility index (Phi) is 5.25. The van der Waals surface area contributed by atoms with Crippen LogP contribution < -0.4 is 0 Å². The number of aromatic nitrogens is 1. The van der Waals surface area contributed by atoms with Gasteiger partial charge in [-0.3, -0.25) is 9.78 Å². The first-order chi connectivity index (χ1) is 13.6. The third-order valence-corrected chi connectivity index (χ3v) is 5.47. The standard InChI is InChI=1S/C25H26N2O/c1-18-5-9-20(10-6-18)22-13-14-23(21-11-7-19(2)8-12-21)26-24(22)15-17-27-16-3-4-25(27)28/h5-14H,3-4,15-17H2,1-2H3. The normalized spacial score (nSPS) is 13.9. The minimum absolute atomic E-state index is 0.270. The van der Waals surface area contributed by atoms with Crippen molar-refractivity contribution in [2.75, 3.05) is 13.1 Å². The number of hydrogen-bond acceptors (Lipinski definition) is 2. The zero-order valence-electron chi connectivity index (χ0n) is 16.6. The Hall–Kier alpha value is -2.94. The first-order valence-electron chi connectivity index (χ1n) is 10.0. The molecule has 1 saturated heterocycles. The molecule has 0 radical (unpaired) electrons. The van der Waals surface area contributed by atoms with E-state index in [0.717, 1.165) is 48.4 Å². The highest BCUT2D eigenvalue weighted by atomic mass is 16.2. The quantitative estimate of drug-likeness (QED) is 0.619. The first-order valence-corrected chi connectivity index (χ1v) is 10.0. The summed E-state index contributed by atoms with van der Waals surface area (Å²) in [5.74, 6) is 0.270. The molecule has 1 aliphatic heterocycles. The Bertz CT molecular complexity index is 974. The molecule has 2 heterocycles. The smallest absolute Gasteiger partial charge is 0.222 e. The van der Waals surface area contributed by atoms with E-state index in [4.69, 9.17) is 4.98 Å². The van der Waals surface area contributed by atoms with E-state index in [2.05, 4.69) is 74.5 Å². The molecule has 1 fully saturated rings. The van der Waals surface area contributed by atoms with Crippen LogP contribution in [-0.2, 0) is 11.2 Å². The van der Waals surface area contributed by atoms with Crippen LogP contribution in [0.25, 0.3) is 22.4 Å². The molecular weight excluding hydrogens is 344 g/mol. The Morgan fingerprint density at radius 2 is 1.50 bits per heavy atom. The lowest BCUT2D eigenvalue weighted by Crippen LogP contribution is -2.27. The van der Waals surface area contributed by atoms with Gasteiger partial charge in [-0.25, -0.2) is 0 Å². The van der Waals surface area contributed by atoms with E-state index in [1.165, 1.54) is 16.7 Å². The SMILES string of the molecule is Cc1ccc(-c2ccc(-c3ccc(C)cc3)c(CCN3CCCC3=O)n2)cc1. The molecule has 28 heavy (non-hydrogen) atoms. The second kappa shape index (κ2) is 7.97. The van der Waals surface area contributed by atoms with Crippen molar-refractivity contribution in [3.05, 3.63) is 77.5 Å². The number of benzene rings is 2. The Balaban J connectivity index is 1.69. The van der Waals surface area contributed by atoms with Crippen molar-refractivity contribution in [2.24, 2.45) is 0 Å². The summed E-state index contributed by atoms with van der Waals surface area (Å²) < 4.78 is 0. The molecule has 142 valence electrons. The van der Waals surface area contributed by atoms with Crippen LogP contribution in [0.1, 0.15) is 29.7 Å². The second-order valence-electron chi connectivity index (χ2n) is 7.66. The second-order valence-corrected chi connectivity index (χ2v) is 7.66. The molecule has 0 aliphatic carbocycles. The van der Waals surface area contributed by atoms with Gasteiger partial charge < -0.3 is 4.90 Å². The van der Waals surface area contributed by atoms with Gasteiger partial charge in [0.05, 0.1) is 11.4 Å². The highest BCUT2D eigenvalue weighted by Gasteiger charge is 2.20. The van der Waals surface area contributed by atoms with Crippen LogP contribution in [0.5, 0.6) is 0 Å². The molecule has 3 heteroatoms. The number of rotatable bonds is 5. The number of nitrogens with zero attached hydrogens (tertiary/aromatic N) is 2. The molecule has 3 aromatic rings. The van der Waals surface area contributed by atoms with Crippen molar-refractivity contribution >= 4 is 5.91 Å². The lowest BCUT2D eigenvalue weighted by Gasteiger charge is -2.17. The molecule has 4 rings (SSSR count). The molecule has 1 amide bonds. The molecule has 0 unspecified atom stereocenters. The van der Waals surface area contributed by atoms with Gasteiger partial charge in [-0.1, -0.05) is 65.7 Å². The summed E-state index contributed by atoms with van der Waals surface area (Å²) in [6.45, 7) is 5.80. The summed E-state index contributed by atoms with van der Waals surface area (Å²) >= 11 is 0. The van der Waals surface area contributed by atoms with Gasteiger partial charge in [0, 0.05) is 37.1 Å². The van der Waals surface area contributed by atoms with Crippen molar-refractivity contribution < 1.29 is 4.79 Å². The van der Waals surface area contributed by atoms with E-state index in [-0.39, 0.29) is 5.91 Å². The fourth-order valence-electron chi connectivity index (χ4n) is 3.75. The summed E-state index contributed by atoms with van der Waals surface area (Å²) in [5.41, 5.74) is 7.99. The van der Waals surface area contributed by atoms with Gasteiger partial charge in [0.15, 0.2) is 0 Å². The van der Waals surface area contributed by atoms with Crippen LogP contribution >= 0.6 is 0 Å². The Morgan fingerprint density at radius 1 is 0.857 bits per heavy atom. The van der Waals surface area contributed by atoms with Gasteiger partial charge in [0.25, 0.3) is 0 Å². The maximum atomic E-state index is 12.0. The molecule has 1 aliphatic rings. The minimum atomic E-state index is 0.270. The number of likely N-dealkylation sites (tertiary alicyclic amines) is 1. The number of amides is 1. The molecule has 0 N–H and O–H groups in total. The molecule has 3 nitrogen and oxygen atoms in total. The Morgan fingerprint density at radius 3 is 2.11 bits per heavy atom. The fraction of sp³-hybridized carbons (Fsp3) is 0.280. The zero-order chi connectivity index (χ0) is 19.5. The highest BCUT2D eigenvalue weighted by molar-refractivity contribution is 5.78. The number of carbonyl (C=O) groups excluding carboxylic acids is 1. The van der Waals surface area contributed by atoms with Gasteiger partial charge in [-0.05, 0) is 31.9 Å². The average Bonchev–Trinajstić information content (AvgIpc) is 3.12. The van der Waals surface area contributed by atoms with Gasteiger partial charge in [0.2, 0.25) is 5.91 Å². The maximum Gasteiger partial charge on any atom is 0.222 e. The lowest BCUT2D eigenvalue weighted by molar-refractivity contribution is -0.127. The van der Waals surface area contributed by atoms with Crippen LogP contribution in [-0.4, -0.2) is 28.9 Å².